The smallest absolute Gasteiger partial charge is 0.0451 e. The zero-order valence-electron chi connectivity index (χ0n) is 10.9. The molecule has 1 N–H and O–H groups in total. The monoisotopic (exact) mass is 285 g/mol. The van der Waals surface area contributed by atoms with Gasteiger partial charge in [0.05, 0.1) is 0 Å². The Morgan fingerprint density at radius 3 is 2.89 bits per heavy atom. The maximum atomic E-state index is 6.17. The number of nitrogens with one attached hydrogen (secondary N) is 1. The maximum Gasteiger partial charge on any atom is 0.0451 e. The lowest BCUT2D eigenvalue weighted by Gasteiger charge is -2.29. The molecule has 0 bridgehead atoms. The molecular weight excluding hydrogens is 265 g/mol. The van der Waals surface area contributed by atoms with E-state index in [0.29, 0.717) is 6.04 Å². The van der Waals surface area contributed by atoms with Crippen LogP contribution in [0.2, 0.25) is 10.0 Å². The van der Waals surface area contributed by atoms with E-state index in [9.17, 15) is 0 Å². The van der Waals surface area contributed by atoms with E-state index in [1.54, 1.807) is 0 Å². The van der Waals surface area contributed by atoms with E-state index in [1.165, 1.54) is 32.1 Å². The first-order chi connectivity index (χ1) is 8.69. The van der Waals surface area contributed by atoms with E-state index < -0.39 is 0 Å². The lowest BCUT2D eigenvalue weighted by atomic mass is 9.84. The number of rotatable bonds is 4. The van der Waals surface area contributed by atoms with Crippen LogP contribution in [0.3, 0.4) is 0 Å². The van der Waals surface area contributed by atoms with Gasteiger partial charge in [0.25, 0.3) is 0 Å². The molecular formula is C15H21Cl2N. The minimum absolute atomic E-state index is 0.638. The van der Waals surface area contributed by atoms with E-state index in [4.69, 9.17) is 23.2 Å². The van der Waals surface area contributed by atoms with Gasteiger partial charge < -0.3 is 5.32 Å². The average molecular weight is 286 g/mol. The van der Waals surface area contributed by atoms with Gasteiger partial charge in [-0.15, -0.1) is 0 Å². The topological polar surface area (TPSA) is 12.0 Å². The third-order valence-electron chi connectivity index (χ3n) is 3.95. The summed E-state index contributed by atoms with van der Waals surface area (Å²) in [6.45, 7) is 3.11. The Labute approximate surface area is 120 Å². The summed E-state index contributed by atoms with van der Waals surface area (Å²) in [6.07, 6.45) is 6.63. The number of halogens is 2. The molecule has 1 saturated carbocycles. The molecule has 0 aliphatic heterocycles. The summed E-state index contributed by atoms with van der Waals surface area (Å²) < 4.78 is 0. The van der Waals surface area contributed by atoms with E-state index in [1.807, 2.05) is 18.2 Å². The minimum Gasteiger partial charge on any atom is -0.310 e. The molecule has 2 atom stereocenters. The SMILES string of the molecule is CCC1CCCC(NCc2cc(Cl)ccc2Cl)C1. The van der Waals surface area contributed by atoms with Gasteiger partial charge in [-0.05, 0) is 42.5 Å². The first-order valence-electron chi connectivity index (χ1n) is 6.86. The standard InChI is InChI=1S/C15H21Cl2N/c1-2-11-4-3-5-14(8-11)18-10-12-9-13(16)6-7-15(12)17/h6-7,9,11,14,18H,2-5,8,10H2,1H3. The zero-order valence-corrected chi connectivity index (χ0v) is 12.4. The Balaban J connectivity index is 1.89. The van der Waals surface area contributed by atoms with Gasteiger partial charge in [0.1, 0.15) is 0 Å². The van der Waals surface area contributed by atoms with Gasteiger partial charge in [-0.1, -0.05) is 49.4 Å². The summed E-state index contributed by atoms with van der Waals surface area (Å²) in [5.74, 6) is 0.895. The zero-order chi connectivity index (χ0) is 13.0. The molecule has 0 heterocycles. The third kappa shape index (κ3) is 3.88. The molecule has 100 valence electrons. The molecule has 0 spiro atoms. The molecule has 0 amide bonds. The highest BCUT2D eigenvalue weighted by Gasteiger charge is 2.20. The van der Waals surface area contributed by atoms with Crippen molar-refractivity contribution in [1.82, 2.24) is 5.32 Å². The molecule has 18 heavy (non-hydrogen) atoms. The van der Waals surface area contributed by atoms with Gasteiger partial charge in [0.15, 0.2) is 0 Å². The normalized spacial score (nSPS) is 24.2. The molecule has 1 aliphatic rings. The van der Waals surface area contributed by atoms with Crippen molar-refractivity contribution in [3.05, 3.63) is 33.8 Å². The van der Waals surface area contributed by atoms with E-state index in [2.05, 4.69) is 12.2 Å². The highest BCUT2D eigenvalue weighted by atomic mass is 35.5. The lowest BCUT2D eigenvalue weighted by molar-refractivity contribution is 0.278. The molecule has 0 radical (unpaired) electrons. The molecule has 1 nitrogen and oxygen atoms in total. The van der Waals surface area contributed by atoms with E-state index >= 15 is 0 Å². The fraction of sp³-hybridized carbons (Fsp3) is 0.600. The fourth-order valence-electron chi connectivity index (χ4n) is 2.78. The fourth-order valence-corrected chi connectivity index (χ4v) is 3.16. The van der Waals surface area contributed by atoms with Crippen LogP contribution in [-0.2, 0) is 6.54 Å². The van der Waals surface area contributed by atoms with Gasteiger partial charge in [-0.25, -0.2) is 0 Å². The second kappa shape index (κ2) is 6.79. The summed E-state index contributed by atoms with van der Waals surface area (Å²) in [5.41, 5.74) is 1.10. The second-order valence-electron chi connectivity index (χ2n) is 5.25. The van der Waals surface area contributed by atoms with Crippen molar-refractivity contribution in [3.63, 3.8) is 0 Å². The first kappa shape index (κ1) is 14.2. The Morgan fingerprint density at radius 2 is 2.11 bits per heavy atom. The highest BCUT2D eigenvalue weighted by Crippen LogP contribution is 2.27. The lowest BCUT2D eigenvalue weighted by Crippen LogP contribution is -2.33. The first-order valence-corrected chi connectivity index (χ1v) is 7.62. The van der Waals surface area contributed by atoms with E-state index in [-0.39, 0.29) is 0 Å². The Morgan fingerprint density at radius 1 is 1.28 bits per heavy atom. The number of hydrogen-bond acceptors (Lipinski definition) is 1. The predicted molar refractivity (Wildman–Crippen MR) is 79.3 cm³/mol. The Hall–Kier alpha value is -0.240. The van der Waals surface area contributed by atoms with Crippen molar-refractivity contribution in [2.45, 2.75) is 51.6 Å². The molecule has 0 aromatic heterocycles. The van der Waals surface area contributed by atoms with Crippen molar-refractivity contribution in [3.8, 4) is 0 Å². The largest absolute Gasteiger partial charge is 0.310 e. The molecule has 2 rings (SSSR count). The van der Waals surface area contributed by atoms with Crippen molar-refractivity contribution in [2.75, 3.05) is 0 Å². The molecule has 1 fully saturated rings. The van der Waals surface area contributed by atoms with Crippen LogP contribution < -0.4 is 5.32 Å². The van der Waals surface area contributed by atoms with Gasteiger partial charge in [-0.2, -0.15) is 0 Å². The molecule has 1 aromatic carbocycles. The summed E-state index contributed by atoms with van der Waals surface area (Å²) in [6, 6.07) is 6.30. The minimum atomic E-state index is 0.638. The van der Waals surface area contributed by atoms with Crippen LogP contribution in [0.4, 0.5) is 0 Å². The van der Waals surface area contributed by atoms with Gasteiger partial charge in [0, 0.05) is 22.6 Å². The predicted octanol–water partition coefficient (Wildman–Crippen LogP) is 5.05. The van der Waals surface area contributed by atoms with Gasteiger partial charge in [0.2, 0.25) is 0 Å². The van der Waals surface area contributed by atoms with Gasteiger partial charge >= 0.3 is 0 Å². The summed E-state index contributed by atoms with van der Waals surface area (Å²) >= 11 is 12.2. The van der Waals surface area contributed by atoms with Crippen LogP contribution >= 0.6 is 23.2 Å². The Bertz CT molecular complexity index is 392. The van der Waals surface area contributed by atoms with Crippen LogP contribution in [0.5, 0.6) is 0 Å². The van der Waals surface area contributed by atoms with Crippen molar-refractivity contribution >= 4 is 23.2 Å². The summed E-state index contributed by atoms with van der Waals surface area (Å²) in [4.78, 5) is 0. The van der Waals surface area contributed by atoms with Crippen LogP contribution in [0.25, 0.3) is 0 Å². The van der Waals surface area contributed by atoms with Crippen LogP contribution in [0.15, 0.2) is 18.2 Å². The maximum absolute atomic E-state index is 6.17. The van der Waals surface area contributed by atoms with Crippen LogP contribution in [0.1, 0.15) is 44.6 Å². The molecule has 1 aliphatic carbocycles. The Kier molecular flexibility index (Phi) is 5.35. The van der Waals surface area contributed by atoms with Crippen LogP contribution in [-0.4, -0.2) is 6.04 Å². The molecule has 2 unspecified atom stereocenters. The number of hydrogen-bond donors (Lipinski definition) is 1. The van der Waals surface area contributed by atoms with Crippen molar-refractivity contribution in [2.24, 2.45) is 5.92 Å². The van der Waals surface area contributed by atoms with Gasteiger partial charge in [-0.3, -0.25) is 0 Å². The average Bonchev–Trinajstić information content (AvgIpc) is 2.40. The second-order valence-corrected chi connectivity index (χ2v) is 6.10. The van der Waals surface area contributed by atoms with Crippen LogP contribution in [0, 0.1) is 5.92 Å². The third-order valence-corrected chi connectivity index (χ3v) is 4.55. The molecule has 3 heteroatoms. The molecule has 0 saturated heterocycles. The molecule has 1 aromatic rings. The van der Waals surface area contributed by atoms with E-state index in [0.717, 1.165) is 28.1 Å². The number of benzene rings is 1. The highest BCUT2D eigenvalue weighted by molar-refractivity contribution is 6.33. The van der Waals surface area contributed by atoms with Crippen molar-refractivity contribution in [1.29, 1.82) is 0 Å². The summed E-state index contributed by atoms with van der Waals surface area (Å²) in [7, 11) is 0. The quantitative estimate of drug-likeness (QED) is 0.816. The summed E-state index contributed by atoms with van der Waals surface area (Å²) in [5, 5.41) is 5.18. The van der Waals surface area contributed by atoms with Crippen molar-refractivity contribution < 1.29 is 0 Å².